The monoisotopic (exact) mass is 409 g/mol. The van der Waals surface area contributed by atoms with E-state index in [1.165, 1.54) is 32.1 Å². The second kappa shape index (κ2) is 9.41. The zero-order chi connectivity index (χ0) is 20.9. The Balaban J connectivity index is 1.27. The number of piperidine rings is 1. The van der Waals surface area contributed by atoms with Crippen molar-refractivity contribution in [3.8, 4) is 5.69 Å². The van der Waals surface area contributed by atoms with Gasteiger partial charge in [-0.3, -0.25) is 9.59 Å². The maximum Gasteiger partial charge on any atom is 0.276 e. The number of carbonyl (C=O) groups excluding carboxylic acids is 2. The van der Waals surface area contributed by atoms with Gasteiger partial charge in [0.25, 0.3) is 5.91 Å². The minimum absolute atomic E-state index is 0.0955. The molecule has 1 aliphatic carbocycles. The van der Waals surface area contributed by atoms with E-state index in [0.29, 0.717) is 31.1 Å². The Kier molecular flexibility index (Phi) is 6.45. The van der Waals surface area contributed by atoms with Gasteiger partial charge in [0.05, 0.1) is 11.9 Å². The quantitative estimate of drug-likeness (QED) is 0.822. The van der Waals surface area contributed by atoms with E-state index in [1.54, 1.807) is 10.9 Å². The average molecular weight is 410 g/mol. The highest BCUT2D eigenvalue weighted by atomic mass is 16.2. The third kappa shape index (κ3) is 4.89. The van der Waals surface area contributed by atoms with Crippen molar-refractivity contribution in [3.05, 3.63) is 41.7 Å². The van der Waals surface area contributed by atoms with Crippen LogP contribution >= 0.6 is 0 Å². The van der Waals surface area contributed by atoms with Crippen LogP contribution in [0.15, 0.2) is 30.5 Å². The smallest absolute Gasteiger partial charge is 0.276 e. The average Bonchev–Trinajstić information content (AvgIpc) is 3.25. The highest BCUT2D eigenvalue weighted by Gasteiger charge is 2.27. The number of aromatic nitrogens is 3. The van der Waals surface area contributed by atoms with Crippen molar-refractivity contribution in [2.75, 3.05) is 13.1 Å². The predicted molar refractivity (Wildman–Crippen MR) is 114 cm³/mol. The van der Waals surface area contributed by atoms with Gasteiger partial charge in [0.1, 0.15) is 0 Å². The molecule has 2 heterocycles. The molecule has 2 fully saturated rings. The Bertz CT molecular complexity index is 879. The second-order valence-corrected chi connectivity index (χ2v) is 8.68. The second-order valence-electron chi connectivity index (χ2n) is 8.68. The number of para-hydroxylation sites is 1. The lowest BCUT2D eigenvalue weighted by Crippen LogP contribution is -2.46. The molecule has 0 unspecified atom stereocenters. The number of amides is 2. The Labute approximate surface area is 177 Å². The van der Waals surface area contributed by atoms with Crippen LogP contribution in [0, 0.1) is 12.8 Å². The zero-order valence-corrected chi connectivity index (χ0v) is 17.7. The van der Waals surface area contributed by atoms with Crippen molar-refractivity contribution >= 4 is 11.8 Å². The van der Waals surface area contributed by atoms with E-state index in [0.717, 1.165) is 24.1 Å². The molecule has 2 amide bonds. The Morgan fingerprint density at radius 3 is 2.53 bits per heavy atom. The highest BCUT2D eigenvalue weighted by molar-refractivity contribution is 5.92. The molecule has 7 heteroatoms. The molecule has 0 bridgehead atoms. The first-order valence-corrected chi connectivity index (χ1v) is 11.2. The van der Waals surface area contributed by atoms with E-state index in [4.69, 9.17) is 0 Å². The Hall–Kier alpha value is -2.70. The fourth-order valence-corrected chi connectivity index (χ4v) is 4.63. The van der Waals surface area contributed by atoms with Gasteiger partial charge >= 0.3 is 0 Å². The molecule has 1 saturated carbocycles. The molecule has 7 nitrogen and oxygen atoms in total. The molecular weight excluding hydrogens is 378 g/mol. The number of hydrogen-bond donors (Lipinski definition) is 1. The van der Waals surface area contributed by atoms with Gasteiger partial charge in [-0.1, -0.05) is 42.7 Å². The maximum absolute atomic E-state index is 12.8. The highest BCUT2D eigenvalue weighted by Crippen LogP contribution is 2.26. The molecule has 1 aromatic heterocycles. The Morgan fingerprint density at radius 2 is 1.80 bits per heavy atom. The number of likely N-dealkylation sites (tertiary alicyclic amines) is 1. The van der Waals surface area contributed by atoms with Gasteiger partial charge in [-0.2, -0.15) is 0 Å². The molecule has 30 heavy (non-hydrogen) atoms. The van der Waals surface area contributed by atoms with Crippen LogP contribution in [0.25, 0.3) is 5.69 Å². The van der Waals surface area contributed by atoms with E-state index in [-0.39, 0.29) is 17.9 Å². The summed E-state index contributed by atoms with van der Waals surface area (Å²) in [5, 5.41) is 11.4. The molecule has 1 N–H and O–H groups in total. The number of hydrogen-bond acceptors (Lipinski definition) is 4. The van der Waals surface area contributed by atoms with Crippen LogP contribution in [0.3, 0.4) is 0 Å². The number of nitrogens with zero attached hydrogens (tertiary/aromatic N) is 4. The van der Waals surface area contributed by atoms with Crippen molar-refractivity contribution in [2.45, 2.75) is 64.3 Å². The van der Waals surface area contributed by atoms with Crippen molar-refractivity contribution < 1.29 is 9.59 Å². The molecule has 0 atom stereocenters. The summed E-state index contributed by atoms with van der Waals surface area (Å²) < 4.78 is 1.65. The number of aryl methyl sites for hydroxylation is 1. The predicted octanol–water partition coefficient (Wildman–Crippen LogP) is 3.27. The molecule has 2 aromatic rings. The van der Waals surface area contributed by atoms with Crippen molar-refractivity contribution in [3.63, 3.8) is 0 Å². The molecular formula is C23H31N5O2. The lowest BCUT2D eigenvalue weighted by atomic mass is 9.86. The number of rotatable bonds is 5. The van der Waals surface area contributed by atoms with Gasteiger partial charge in [0.15, 0.2) is 5.69 Å². The lowest BCUT2D eigenvalue weighted by molar-refractivity contribution is -0.123. The molecule has 1 aliphatic heterocycles. The van der Waals surface area contributed by atoms with Crippen LogP contribution < -0.4 is 5.32 Å². The van der Waals surface area contributed by atoms with Crippen LogP contribution in [0.1, 0.15) is 67.4 Å². The molecule has 0 spiro atoms. The summed E-state index contributed by atoms with van der Waals surface area (Å²) in [7, 11) is 0. The molecule has 1 aromatic carbocycles. The first kappa shape index (κ1) is 20.6. The van der Waals surface area contributed by atoms with Crippen LogP contribution in [-0.4, -0.2) is 50.8 Å². The summed E-state index contributed by atoms with van der Waals surface area (Å²) >= 11 is 0. The van der Waals surface area contributed by atoms with Gasteiger partial charge in [-0.05, 0) is 50.2 Å². The normalized spacial score (nSPS) is 18.4. The number of carbonyl (C=O) groups is 2. The van der Waals surface area contributed by atoms with Crippen molar-refractivity contribution in [1.82, 2.24) is 25.2 Å². The van der Waals surface area contributed by atoms with Gasteiger partial charge < -0.3 is 10.2 Å². The van der Waals surface area contributed by atoms with Gasteiger partial charge in [-0.15, -0.1) is 5.10 Å². The molecule has 1 saturated heterocycles. The molecule has 4 rings (SSSR count). The third-order valence-electron chi connectivity index (χ3n) is 6.42. The van der Waals surface area contributed by atoms with Gasteiger partial charge in [0, 0.05) is 25.6 Å². The van der Waals surface area contributed by atoms with Crippen LogP contribution in [0.5, 0.6) is 0 Å². The molecule has 160 valence electrons. The summed E-state index contributed by atoms with van der Waals surface area (Å²) in [6.07, 6.45) is 10.1. The minimum Gasteiger partial charge on any atom is -0.353 e. The topological polar surface area (TPSA) is 80.1 Å². The van der Waals surface area contributed by atoms with E-state index in [9.17, 15) is 9.59 Å². The maximum atomic E-state index is 12.8. The van der Waals surface area contributed by atoms with E-state index >= 15 is 0 Å². The van der Waals surface area contributed by atoms with Crippen LogP contribution in [-0.2, 0) is 4.79 Å². The standard InChI is InChI=1S/C23H31N5O2/c1-17-7-5-6-10-21(17)28-16-20(25-26-28)23(30)27-13-11-19(12-14-27)24-22(29)15-18-8-3-2-4-9-18/h5-7,10,16,18-19H,2-4,8-9,11-15H2,1H3,(H,24,29). The fourth-order valence-electron chi connectivity index (χ4n) is 4.63. The molecule has 2 aliphatic rings. The Morgan fingerprint density at radius 1 is 1.07 bits per heavy atom. The van der Waals surface area contributed by atoms with Crippen molar-refractivity contribution in [1.29, 1.82) is 0 Å². The van der Waals surface area contributed by atoms with Crippen LogP contribution in [0.2, 0.25) is 0 Å². The molecule has 0 radical (unpaired) electrons. The van der Waals surface area contributed by atoms with Crippen molar-refractivity contribution in [2.24, 2.45) is 5.92 Å². The van der Waals surface area contributed by atoms with Gasteiger partial charge in [-0.25, -0.2) is 4.68 Å². The summed E-state index contributed by atoms with van der Waals surface area (Å²) in [6.45, 7) is 3.26. The van der Waals surface area contributed by atoms with E-state index < -0.39 is 0 Å². The number of nitrogens with one attached hydrogen (secondary N) is 1. The SMILES string of the molecule is Cc1ccccc1-n1cc(C(=O)N2CCC(NC(=O)CC3CCCCC3)CC2)nn1. The van der Waals surface area contributed by atoms with Gasteiger partial charge in [0.2, 0.25) is 5.91 Å². The first-order valence-electron chi connectivity index (χ1n) is 11.2. The van der Waals surface area contributed by atoms with Crippen LogP contribution in [0.4, 0.5) is 0 Å². The summed E-state index contributed by atoms with van der Waals surface area (Å²) in [5.41, 5.74) is 2.35. The number of benzene rings is 1. The lowest BCUT2D eigenvalue weighted by Gasteiger charge is -2.32. The first-order chi connectivity index (χ1) is 14.6. The zero-order valence-electron chi connectivity index (χ0n) is 17.7. The summed E-state index contributed by atoms with van der Waals surface area (Å²) in [4.78, 5) is 27.0. The fraction of sp³-hybridized carbons (Fsp3) is 0.565. The largest absolute Gasteiger partial charge is 0.353 e. The minimum atomic E-state index is -0.0955. The third-order valence-corrected chi connectivity index (χ3v) is 6.42. The summed E-state index contributed by atoms with van der Waals surface area (Å²) in [6, 6.07) is 8.04. The van der Waals surface area contributed by atoms with E-state index in [2.05, 4.69) is 15.6 Å². The van der Waals surface area contributed by atoms with E-state index in [1.807, 2.05) is 36.1 Å². The summed E-state index contributed by atoms with van der Waals surface area (Å²) in [5.74, 6) is 0.631.